The van der Waals surface area contributed by atoms with Crippen molar-refractivity contribution in [3.63, 3.8) is 0 Å². The first-order valence-electron chi connectivity index (χ1n) is 3.87. The molecule has 0 spiro atoms. The Morgan fingerprint density at radius 2 is 2.30 bits per heavy atom. The van der Waals surface area contributed by atoms with E-state index in [9.17, 15) is 4.79 Å². The topological polar surface area (TPSA) is 37.3 Å². The van der Waals surface area contributed by atoms with E-state index >= 15 is 0 Å². The number of aliphatic hydroxyl groups is 1. The Balaban J connectivity index is 2.43. The summed E-state index contributed by atoms with van der Waals surface area (Å²) in [6.45, 7) is 2.14. The van der Waals surface area contributed by atoms with E-state index in [4.69, 9.17) is 5.11 Å². The Kier molecular flexibility index (Phi) is 2.44. The number of Topliss-reactive ketones (excluding diaryl/α,β-unsaturated/α-hetero) is 1. The molecule has 1 fully saturated rings. The molecule has 2 heteroatoms. The fourth-order valence-corrected chi connectivity index (χ4v) is 1.45. The first-order valence-corrected chi connectivity index (χ1v) is 3.87. The molecule has 1 aliphatic carbocycles. The predicted molar refractivity (Wildman–Crippen MR) is 38.6 cm³/mol. The van der Waals surface area contributed by atoms with Crippen molar-refractivity contribution in [1.82, 2.24) is 0 Å². The van der Waals surface area contributed by atoms with Crippen molar-refractivity contribution in [2.24, 2.45) is 11.8 Å². The summed E-state index contributed by atoms with van der Waals surface area (Å²) in [5, 5.41) is 8.73. The monoisotopic (exact) mass is 142 g/mol. The Morgan fingerprint density at radius 1 is 1.60 bits per heavy atom. The molecule has 1 aliphatic rings. The van der Waals surface area contributed by atoms with Crippen molar-refractivity contribution < 1.29 is 9.90 Å². The van der Waals surface area contributed by atoms with Crippen molar-refractivity contribution in [3.05, 3.63) is 0 Å². The standard InChI is InChI=1S/C8H14O2/c1-6-2-3-7(5-9)8(10)4-6/h6-7,9H,2-5H2,1H3/t6-,7+/m1/s1. The maximum atomic E-state index is 11.1. The molecule has 0 amide bonds. The Labute approximate surface area is 61.2 Å². The lowest BCUT2D eigenvalue weighted by molar-refractivity contribution is -0.127. The number of aliphatic hydroxyl groups excluding tert-OH is 1. The van der Waals surface area contributed by atoms with Gasteiger partial charge in [-0.25, -0.2) is 0 Å². The first kappa shape index (κ1) is 7.73. The second-order valence-electron chi connectivity index (χ2n) is 3.23. The van der Waals surface area contributed by atoms with Gasteiger partial charge in [0.1, 0.15) is 5.78 Å². The van der Waals surface area contributed by atoms with Gasteiger partial charge in [-0.15, -0.1) is 0 Å². The Morgan fingerprint density at radius 3 is 2.80 bits per heavy atom. The summed E-state index contributed by atoms with van der Waals surface area (Å²) >= 11 is 0. The summed E-state index contributed by atoms with van der Waals surface area (Å²) in [6.07, 6.45) is 2.65. The average molecular weight is 142 g/mol. The van der Waals surface area contributed by atoms with E-state index < -0.39 is 0 Å². The molecule has 2 nitrogen and oxygen atoms in total. The van der Waals surface area contributed by atoms with Crippen LogP contribution in [0.2, 0.25) is 0 Å². The van der Waals surface area contributed by atoms with Crippen LogP contribution in [0.25, 0.3) is 0 Å². The van der Waals surface area contributed by atoms with Crippen LogP contribution >= 0.6 is 0 Å². The van der Waals surface area contributed by atoms with Crippen molar-refractivity contribution in [2.45, 2.75) is 26.2 Å². The average Bonchev–Trinajstić information content (AvgIpc) is 1.88. The maximum absolute atomic E-state index is 11.1. The highest BCUT2D eigenvalue weighted by molar-refractivity contribution is 5.81. The van der Waals surface area contributed by atoms with E-state index in [0.717, 1.165) is 12.8 Å². The molecule has 10 heavy (non-hydrogen) atoms. The van der Waals surface area contributed by atoms with Crippen LogP contribution in [0, 0.1) is 11.8 Å². The van der Waals surface area contributed by atoms with E-state index in [-0.39, 0.29) is 18.3 Å². The van der Waals surface area contributed by atoms with Gasteiger partial charge in [0.05, 0.1) is 6.61 Å². The van der Waals surface area contributed by atoms with Crippen LogP contribution in [-0.2, 0) is 4.79 Å². The fourth-order valence-electron chi connectivity index (χ4n) is 1.45. The Hall–Kier alpha value is -0.370. The van der Waals surface area contributed by atoms with Crippen LogP contribution in [0.5, 0.6) is 0 Å². The van der Waals surface area contributed by atoms with Crippen LogP contribution < -0.4 is 0 Å². The minimum atomic E-state index is -0.0452. The van der Waals surface area contributed by atoms with Crippen molar-refractivity contribution >= 4 is 5.78 Å². The highest BCUT2D eigenvalue weighted by Crippen LogP contribution is 2.24. The third-order valence-electron chi connectivity index (χ3n) is 2.23. The number of rotatable bonds is 1. The second-order valence-corrected chi connectivity index (χ2v) is 3.23. The second kappa shape index (κ2) is 3.15. The summed E-state index contributed by atoms with van der Waals surface area (Å²) < 4.78 is 0. The minimum absolute atomic E-state index is 0.0452. The minimum Gasteiger partial charge on any atom is -0.396 e. The molecule has 0 aromatic heterocycles. The highest BCUT2D eigenvalue weighted by atomic mass is 16.3. The number of hydrogen-bond donors (Lipinski definition) is 1. The van der Waals surface area contributed by atoms with Gasteiger partial charge in [0.25, 0.3) is 0 Å². The zero-order chi connectivity index (χ0) is 7.56. The van der Waals surface area contributed by atoms with Gasteiger partial charge >= 0.3 is 0 Å². The molecule has 0 unspecified atom stereocenters. The lowest BCUT2D eigenvalue weighted by Crippen LogP contribution is -2.26. The smallest absolute Gasteiger partial charge is 0.138 e. The first-order chi connectivity index (χ1) is 4.74. The molecule has 1 rings (SSSR count). The van der Waals surface area contributed by atoms with Crippen LogP contribution in [0.1, 0.15) is 26.2 Å². The molecule has 0 aromatic carbocycles. The summed E-state index contributed by atoms with van der Waals surface area (Å²) in [7, 11) is 0. The summed E-state index contributed by atoms with van der Waals surface area (Å²) in [5.41, 5.74) is 0. The van der Waals surface area contributed by atoms with Gasteiger partial charge < -0.3 is 5.11 Å². The summed E-state index contributed by atoms with van der Waals surface area (Å²) in [5.74, 6) is 0.743. The van der Waals surface area contributed by atoms with Crippen molar-refractivity contribution in [3.8, 4) is 0 Å². The van der Waals surface area contributed by atoms with E-state index in [1.807, 2.05) is 0 Å². The van der Waals surface area contributed by atoms with E-state index in [1.54, 1.807) is 0 Å². The molecule has 0 aliphatic heterocycles. The van der Waals surface area contributed by atoms with Gasteiger partial charge in [-0.1, -0.05) is 6.92 Å². The normalized spacial score (nSPS) is 34.4. The lowest BCUT2D eigenvalue weighted by atomic mass is 9.82. The maximum Gasteiger partial charge on any atom is 0.138 e. The van der Waals surface area contributed by atoms with Gasteiger partial charge in [0.2, 0.25) is 0 Å². The van der Waals surface area contributed by atoms with E-state index in [1.165, 1.54) is 0 Å². The van der Waals surface area contributed by atoms with Crippen molar-refractivity contribution in [2.75, 3.05) is 6.61 Å². The molecule has 0 heterocycles. The molecule has 58 valence electrons. The third kappa shape index (κ3) is 1.57. The van der Waals surface area contributed by atoms with E-state index in [2.05, 4.69) is 6.92 Å². The Bertz CT molecular complexity index is 131. The van der Waals surface area contributed by atoms with Crippen molar-refractivity contribution in [1.29, 1.82) is 0 Å². The molecule has 0 bridgehead atoms. The van der Waals surface area contributed by atoms with Gasteiger partial charge in [-0.3, -0.25) is 4.79 Å². The van der Waals surface area contributed by atoms with Crippen LogP contribution in [-0.4, -0.2) is 17.5 Å². The van der Waals surface area contributed by atoms with Gasteiger partial charge in [-0.05, 0) is 18.8 Å². The summed E-state index contributed by atoms with van der Waals surface area (Å²) in [6, 6.07) is 0. The number of ketones is 1. The molecule has 0 aromatic rings. The van der Waals surface area contributed by atoms with Crippen LogP contribution in [0.4, 0.5) is 0 Å². The molecular formula is C8H14O2. The third-order valence-corrected chi connectivity index (χ3v) is 2.23. The molecule has 1 N–H and O–H groups in total. The molecule has 0 saturated heterocycles. The van der Waals surface area contributed by atoms with Crippen LogP contribution in [0.3, 0.4) is 0 Å². The molecule has 1 saturated carbocycles. The summed E-state index contributed by atoms with van der Waals surface area (Å²) in [4.78, 5) is 11.1. The molecule has 2 atom stereocenters. The molecule has 0 radical (unpaired) electrons. The van der Waals surface area contributed by atoms with Crippen LogP contribution in [0.15, 0.2) is 0 Å². The van der Waals surface area contributed by atoms with Gasteiger partial charge in [0.15, 0.2) is 0 Å². The number of carbonyl (C=O) groups is 1. The predicted octanol–water partition coefficient (Wildman–Crippen LogP) is 0.984. The zero-order valence-electron chi connectivity index (χ0n) is 6.34. The van der Waals surface area contributed by atoms with E-state index in [0.29, 0.717) is 12.3 Å². The number of hydrogen-bond acceptors (Lipinski definition) is 2. The molecular weight excluding hydrogens is 128 g/mol. The SMILES string of the molecule is C[C@@H]1CC[C@@H](CO)C(=O)C1. The fraction of sp³-hybridized carbons (Fsp3) is 0.875. The number of carbonyl (C=O) groups excluding carboxylic acids is 1. The largest absolute Gasteiger partial charge is 0.396 e. The highest BCUT2D eigenvalue weighted by Gasteiger charge is 2.24. The lowest BCUT2D eigenvalue weighted by Gasteiger charge is -2.22. The zero-order valence-corrected chi connectivity index (χ0v) is 6.34. The van der Waals surface area contributed by atoms with Gasteiger partial charge in [-0.2, -0.15) is 0 Å². The van der Waals surface area contributed by atoms with Gasteiger partial charge in [0, 0.05) is 12.3 Å². The quantitative estimate of drug-likeness (QED) is 0.592.